The van der Waals surface area contributed by atoms with Gasteiger partial charge in [0.1, 0.15) is 5.60 Å². The van der Waals surface area contributed by atoms with Gasteiger partial charge in [-0.1, -0.05) is 0 Å². The Morgan fingerprint density at radius 1 is 1.00 bits per heavy atom. The summed E-state index contributed by atoms with van der Waals surface area (Å²) < 4.78 is 11.8. The molecule has 0 atom stereocenters. The van der Waals surface area contributed by atoms with Crippen molar-refractivity contribution >= 4 is 6.09 Å². The summed E-state index contributed by atoms with van der Waals surface area (Å²) in [7, 11) is 0. The average molecular weight is 380 g/mol. The lowest BCUT2D eigenvalue weighted by atomic mass is 9.72. The summed E-state index contributed by atoms with van der Waals surface area (Å²) in [5.41, 5.74) is 0.215. The molecule has 0 radical (unpaired) electrons. The lowest BCUT2D eigenvalue weighted by Crippen LogP contribution is -2.61. The van der Waals surface area contributed by atoms with E-state index in [4.69, 9.17) is 9.47 Å². The van der Waals surface area contributed by atoms with Crippen LogP contribution in [0.4, 0.5) is 4.79 Å². The van der Waals surface area contributed by atoms with Gasteiger partial charge in [0.2, 0.25) is 0 Å². The smallest absolute Gasteiger partial charge is 0.410 e. The number of carbonyl (C=O) groups is 1. The van der Waals surface area contributed by atoms with Gasteiger partial charge in [-0.3, -0.25) is 0 Å². The molecule has 0 aromatic carbocycles. The van der Waals surface area contributed by atoms with Gasteiger partial charge in [0, 0.05) is 32.2 Å². The van der Waals surface area contributed by atoms with Crippen molar-refractivity contribution in [2.24, 2.45) is 5.41 Å². The quantitative estimate of drug-likeness (QED) is 0.817. The predicted molar refractivity (Wildman–Crippen MR) is 105 cm³/mol. The van der Waals surface area contributed by atoms with E-state index in [-0.39, 0.29) is 6.09 Å². The number of piperidine rings is 2. The van der Waals surface area contributed by atoms with Crippen molar-refractivity contribution in [2.75, 3.05) is 39.3 Å². The third kappa shape index (κ3) is 4.60. The van der Waals surface area contributed by atoms with Crippen LogP contribution in [-0.4, -0.2) is 79.0 Å². The number of rotatable bonds is 3. The van der Waals surface area contributed by atoms with E-state index in [0.29, 0.717) is 17.6 Å². The highest BCUT2D eigenvalue weighted by atomic mass is 16.6. The number of carbonyl (C=O) groups excluding carboxylic acids is 1. The molecule has 4 rings (SSSR count). The molecule has 0 unspecified atom stereocenters. The van der Waals surface area contributed by atoms with Crippen molar-refractivity contribution in [1.82, 2.24) is 15.1 Å². The van der Waals surface area contributed by atoms with Crippen LogP contribution in [-0.2, 0) is 9.47 Å². The Balaban J connectivity index is 1.12. The molecule has 4 aliphatic rings. The summed E-state index contributed by atoms with van der Waals surface area (Å²) in [4.78, 5) is 16.7. The summed E-state index contributed by atoms with van der Waals surface area (Å²) in [5, 5.41) is 3.45. The van der Waals surface area contributed by atoms with Crippen LogP contribution in [0, 0.1) is 5.41 Å². The van der Waals surface area contributed by atoms with Crippen LogP contribution >= 0.6 is 0 Å². The second kappa shape index (κ2) is 7.53. The molecule has 1 saturated carbocycles. The standard InChI is InChI=1S/C21H37N3O3/c1-20(2,3)27-19(25)24-8-4-17(5-9-24)26-18-12-16(13-18)23-10-6-21(7-11-23)14-22-15-21/h16-18,22H,4-15H2,1-3H3. The molecule has 0 aromatic rings. The zero-order chi connectivity index (χ0) is 19.1. The highest BCUT2D eigenvalue weighted by Gasteiger charge is 2.43. The number of ether oxygens (including phenoxy) is 2. The van der Waals surface area contributed by atoms with E-state index in [9.17, 15) is 4.79 Å². The zero-order valence-corrected chi connectivity index (χ0v) is 17.3. The van der Waals surface area contributed by atoms with Crippen molar-refractivity contribution in [1.29, 1.82) is 0 Å². The van der Waals surface area contributed by atoms with Gasteiger partial charge < -0.3 is 24.6 Å². The maximum Gasteiger partial charge on any atom is 0.410 e. The van der Waals surface area contributed by atoms with Crippen molar-refractivity contribution in [3.63, 3.8) is 0 Å². The Morgan fingerprint density at radius 2 is 1.63 bits per heavy atom. The van der Waals surface area contributed by atoms with E-state index in [2.05, 4.69) is 10.2 Å². The first kappa shape index (κ1) is 19.5. The molecule has 6 nitrogen and oxygen atoms in total. The molecular weight excluding hydrogens is 342 g/mol. The number of nitrogens with zero attached hydrogens (tertiary/aromatic N) is 2. The Kier molecular flexibility index (Phi) is 5.43. The van der Waals surface area contributed by atoms with Gasteiger partial charge in [0.15, 0.2) is 0 Å². The van der Waals surface area contributed by atoms with E-state index in [0.717, 1.165) is 32.0 Å². The van der Waals surface area contributed by atoms with Crippen LogP contribution in [0.15, 0.2) is 0 Å². The third-order valence-corrected chi connectivity index (χ3v) is 6.92. The van der Waals surface area contributed by atoms with E-state index in [1.165, 1.54) is 51.9 Å². The van der Waals surface area contributed by atoms with Crippen LogP contribution in [0.2, 0.25) is 0 Å². The molecular formula is C21H37N3O3. The number of amides is 1. The molecule has 3 aliphatic heterocycles. The number of nitrogens with one attached hydrogen (secondary N) is 1. The molecule has 1 N–H and O–H groups in total. The maximum atomic E-state index is 12.2. The first-order chi connectivity index (χ1) is 12.8. The van der Waals surface area contributed by atoms with Crippen molar-refractivity contribution in [3.8, 4) is 0 Å². The van der Waals surface area contributed by atoms with Crippen LogP contribution < -0.4 is 5.32 Å². The molecule has 6 heteroatoms. The molecule has 4 fully saturated rings. The van der Waals surface area contributed by atoms with Gasteiger partial charge in [0.05, 0.1) is 12.2 Å². The third-order valence-electron chi connectivity index (χ3n) is 6.92. The van der Waals surface area contributed by atoms with Crippen LogP contribution in [0.5, 0.6) is 0 Å². The van der Waals surface area contributed by atoms with Crippen molar-refractivity contribution < 1.29 is 14.3 Å². The first-order valence-corrected chi connectivity index (χ1v) is 10.9. The molecule has 1 aliphatic carbocycles. The minimum absolute atomic E-state index is 0.186. The van der Waals surface area contributed by atoms with Gasteiger partial charge in [-0.05, 0) is 77.8 Å². The van der Waals surface area contributed by atoms with Crippen LogP contribution in [0.25, 0.3) is 0 Å². The van der Waals surface area contributed by atoms with Gasteiger partial charge in [-0.2, -0.15) is 0 Å². The molecule has 1 spiro atoms. The van der Waals surface area contributed by atoms with E-state index >= 15 is 0 Å². The van der Waals surface area contributed by atoms with Crippen molar-refractivity contribution in [3.05, 3.63) is 0 Å². The molecule has 27 heavy (non-hydrogen) atoms. The highest BCUT2D eigenvalue weighted by molar-refractivity contribution is 5.68. The topological polar surface area (TPSA) is 54.0 Å². The lowest BCUT2D eigenvalue weighted by molar-refractivity contribution is -0.110. The Hall–Kier alpha value is -0.850. The molecule has 3 heterocycles. The fraction of sp³-hybridized carbons (Fsp3) is 0.952. The van der Waals surface area contributed by atoms with E-state index in [1.54, 1.807) is 0 Å². The summed E-state index contributed by atoms with van der Waals surface area (Å²) in [6.07, 6.45) is 7.52. The number of hydrogen-bond acceptors (Lipinski definition) is 5. The number of hydrogen-bond donors (Lipinski definition) is 1. The first-order valence-electron chi connectivity index (χ1n) is 10.9. The highest BCUT2D eigenvalue weighted by Crippen LogP contribution is 2.39. The molecule has 0 aromatic heterocycles. The predicted octanol–water partition coefficient (Wildman–Crippen LogP) is 2.62. The SMILES string of the molecule is CC(C)(C)OC(=O)N1CCC(OC2CC(N3CCC4(CC3)CNC4)C2)CC1. The van der Waals surface area contributed by atoms with Gasteiger partial charge in [0.25, 0.3) is 0 Å². The molecule has 0 bridgehead atoms. The summed E-state index contributed by atoms with van der Waals surface area (Å²) >= 11 is 0. The lowest BCUT2D eigenvalue weighted by Gasteiger charge is -2.52. The normalized spacial score (nSPS) is 32.0. The minimum Gasteiger partial charge on any atom is -0.444 e. The van der Waals surface area contributed by atoms with Gasteiger partial charge >= 0.3 is 6.09 Å². The van der Waals surface area contributed by atoms with Gasteiger partial charge in [-0.15, -0.1) is 0 Å². The second-order valence-corrected chi connectivity index (χ2v) is 10.2. The van der Waals surface area contributed by atoms with Crippen LogP contribution in [0.1, 0.15) is 59.3 Å². The average Bonchev–Trinajstić information content (AvgIpc) is 2.55. The monoisotopic (exact) mass is 379 g/mol. The minimum atomic E-state index is -0.422. The largest absolute Gasteiger partial charge is 0.444 e. The second-order valence-electron chi connectivity index (χ2n) is 10.2. The molecule has 3 saturated heterocycles. The summed E-state index contributed by atoms with van der Waals surface area (Å²) in [6, 6.07) is 0.738. The number of likely N-dealkylation sites (tertiary alicyclic amines) is 2. The van der Waals surface area contributed by atoms with Crippen LogP contribution in [0.3, 0.4) is 0 Å². The summed E-state index contributed by atoms with van der Waals surface area (Å²) in [6.45, 7) is 12.3. The van der Waals surface area contributed by atoms with Crippen molar-refractivity contribution in [2.45, 2.75) is 83.1 Å². The van der Waals surface area contributed by atoms with E-state index < -0.39 is 5.60 Å². The van der Waals surface area contributed by atoms with E-state index in [1.807, 2.05) is 25.7 Å². The Labute approximate surface area is 163 Å². The fourth-order valence-electron chi connectivity index (χ4n) is 4.92. The Bertz CT molecular complexity index is 519. The summed E-state index contributed by atoms with van der Waals surface area (Å²) in [5.74, 6) is 0. The maximum absolute atomic E-state index is 12.2. The Morgan fingerprint density at radius 3 is 2.15 bits per heavy atom. The van der Waals surface area contributed by atoms with Gasteiger partial charge in [-0.25, -0.2) is 4.79 Å². The molecule has 154 valence electrons. The molecule has 1 amide bonds. The fourth-order valence-corrected chi connectivity index (χ4v) is 4.92. The zero-order valence-electron chi connectivity index (χ0n) is 17.3.